The summed E-state index contributed by atoms with van der Waals surface area (Å²) in [6.07, 6.45) is -2.83. The summed E-state index contributed by atoms with van der Waals surface area (Å²) in [6.45, 7) is 1.36. The van der Waals surface area contributed by atoms with E-state index in [1.54, 1.807) is 20.3 Å². The van der Waals surface area contributed by atoms with Crippen LogP contribution in [0.1, 0.15) is 18.5 Å². The number of benzene rings is 1. The molecule has 2 aromatic rings. The Balaban J connectivity index is 1.59. The molecule has 146 valence electrons. The quantitative estimate of drug-likeness (QED) is 0.853. The molecule has 1 aliphatic rings. The van der Waals surface area contributed by atoms with E-state index in [-0.39, 0.29) is 6.04 Å². The maximum atomic E-state index is 12.6. The normalized spacial score (nSPS) is 15.5. The highest BCUT2D eigenvalue weighted by atomic mass is 19.4. The third-order valence-corrected chi connectivity index (χ3v) is 4.48. The fourth-order valence-corrected chi connectivity index (χ4v) is 3.02. The van der Waals surface area contributed by atoms with Crippen molar-refractivity contribution in [2.75, 3.05) is 37.5 Å². The van der Waals surface area contributed by atoms with Gasteiger partial charge in [-0.05, 0) is 25.0 Å². The monoisotopic (exact) mass is 382 g/mol. The second-order valence-electron chi connectivity index (χ2n) is 6.28. The van der Waals surface area contributed by atoms with Gasteiger partial charge in [-0.2, -0.15) is 13.2 Å². The molecule has 1 aromatic carbocycles. The number of piperidine rings is 1. The van der Waals surface area contributed by atoms with Crippen molar-refractivity contribution in [2.24, 2.45) is 0 Å². The van der Waals surface area contributed by atoms with Gasteiger partial charge in [0, 0.05) is 43.0 Å². The third kappa shape index (κ3) is 4.72. The Kier molecular flexibility index (Phi) is 5.57. The molecule has 1 fully saturated rings. The molecule has 1 N–H and O–H groups in total. The number of methoxy groups -OCH3 is 2. The minimum atomic E-state index is -4.47. The predicted molar refractivity (Wildman–Crippen MR) is 95.4 cm³/mol. The zero-order valence-electron chi connectivity index (χ0n) is 15.1. The molecule has 1 aromatic heterocycles. The van der Waals surface area contributed by atoms with Crippen molar-refractivity contribution < 1.29 is 22.6 Å². The second-order valence-corrected chi connectivity index (χ2v) is 6.28. The smallest absolute Gasteiger partial charge is 0.435 e. The van der Waals surface area contributed by atoms with E-state index in [4.69, 9.17) is 9.47 Å². The summed E-state index contributed by atoms with van der Waals surface area (Å²) in [5, 5.41) is 10.5. The van der Waals surface area contributed by atoms with Crippen molar-refractivity contribution >= 4 is 11.5 Å². The number of nitrogens with zero attached hydrogens (tertiary/aromatic N) is 3. The lowest BCUT2D eigenvalue weighted by Gasteiger charge is -2.33. The molecule has 1 saturated heterocycles. The number of anilines is 2. The van der Waals surface area contributed by atoms with E-state index in [1.165, 1.54) is 6.07 Å². The van der Waals surface area contributed by atoms with E-state index in [0.717, 1.165) is 24.6 Å². The highest BCUT2D eigenvalue weighted by Gasteiger charge is 2.33. The van der Waals surface area contributed by atoms with Gasteiger partial charge in [-0.1, -0.05) is 0 Å². The number of ether oxygens (including phenoxy) is 2. The molecular weight excluding hydrogens is 361 g/mol. The van der Waals surface area contributed by atoms with Crippen molar-refractivity contribution in [3.63, 3.8) is 0 Å². The Labute approximate surface area is 155 Å². The van der Waals surface area contributed by atoms with Gasteiger partial charge in [0.25, 0.3) is 0 Å². The molecule has 9 heteroatoms. The maximum absolute atomic E-state index is 12.6. The molecule has 0 radical (unpaired) electrons. The molecule has 0 amide bonds. The first-order valence-electron chi connectivity index (χ1n) is 8.54. The zero-order chi connectivity index (χ0) is 19.4. The first kappa shape index (κ1) is 19.1. The van der Waals surface area contributed by atoms with E-state index in [2.05, 4.69) is 15.5 Å². The van der Waals surface area contributed by atoms with E-state index in [0.29, 0.717) is 30.4 Å². The van der Waals surface area contributed by atoms with Crippen LogP contribution in [0.2, 0.25) is 0 Å². The first-order valence-corrected chi connectivity index (χ1v) is 8.54. The SMILES string of the molecule is COc1cc(NC2CCN(c3ccc(C(F)(F)F)nn3)CC2)cc(OC)c1. The van der Waals surface area contributed by atoms with Crippen LogP contribution in [0.3, 0.4) is 0 Å². The lowest BCUT2D eigenvalue weighted by Crippen LogP contribution is -2.39. The molecule has 0 aliphatic carbocycles. The van der Waals surface area contributed by atoms with Gasteiger partial charge in [0.15, 0.2) is 11.5 Å². The molecular formula is C18H21F3N4O2. The summed E-state index contributed by atoms with van der Waals surface area (Å²) in [4.78, 5) is 1.94. The third-order valence-electron chi connectivity index (χ3n) is 4.48. The van der Waals surface area contributed by atoms with Crippen molar-refractivity contribution in [3.8, 4) is 11.5 Å². The molecule has 6 nitrogen and oxygen atoms in total. The average molecular weight is 382 g/mol. The molecule has 2 heterocycles. The van der Waals surface area contributed by atoms with Gasteiger partial charge in [-0.3, -0.25) is 0 Å². The van der Waals surface area contributed by atoms with Gasteiger partial charge < -0.3 is 19.7 Å². The van der Waals surface area contributed by atoms with Gasteiger partial charge in [-0.25, -0.2) is 0 Å². The fourth-order valence-electron chi connectivity index (χ4n) is 3.02. The van der Waals surface area contributed by atoms with Crippen LogP contribution in [0, 0.1) is 0 Å². The van der Waals surface area contributed by atoms with Crippen LogP contribution in [0.4, 0.5) is 24.7 Å². The van der Waals surface area contributed by atoms with Gasteiger partial charge >= 0.3 is 6.18 Å². The van der Waals surface area contributed by atoms with E-state index < -0.39 is 11.9 Å². The van der Waals surface area contributed by atoms with Gasteiger partial charge in [0.1, 0.15) is 11.5 Å². The Bertz CT molecular complexity index is 738. The van der Waals surface area contributed by atoms with Gasteiger partial charge in [-0.15, -0.1) is 10.2 Å². The maximum Gasteiger partial charge on any atom is 0.435 e. The van der Waals surface area contributed by atoms with Crippen LogP contribution in [-0.4, -0.2) is 43.5 Å². The van der Waals surface area contributed by atoms with Crippen molar-refractivity contribution in [1.82, 2.24) is 10.2 Å². The van der Waals surface area contributed by atoms with E-state index >= 15 is 0 Å². The van der Waals surface area contributed by atoms with Crippen LogP contribution in [0.5, 0.6) is 11.5 Å². The number of rotatable bonds is 5. The Morgan fingerprint density at radius 2 is 1.63 bits per heavy atom. The number of hydrogen-bond donors (Lipinski definition) is 1. The topological polar surface area (TPSA) is 59.5 Å². The lowest BCUT2D eigenvalue weighted by atomic mass is 10.0. The Hall–Kier alpha value is -2.71. The number of hydrogen-bond acceptors (Lipinski definition) is 6. The summed E-state index contributed by atoms with van der Waals surface area (Å²) in [6, 6.07) is 8.18. The second kappa shape index (κ2) is 7.89. The standard InChI is InChI=1S/C18H21F3N4O2/c1-26-14-9-13(10-15(11-14)27-2)22-12-5-7-25(8-6-12)17-4-3-16(23-24-17)18(19,20)21/h3-4,9-12,22H,5-8H2,1-2H3. The van der Waals surface area contributed by atoms with E-state index in [9.17, 15) is 13.2 Å². The average Bonchev–Trinajstić information content (AvgIpc) is 2.67. The molecule has 27 heavy (non-hydrogen) atoms. The Morgan fingerprint density at radius 3 is 2.11 bits per heavy atom. The summed E-state index contributed by atoms with van der Waals surface area (Å²) >= 11 is 0. The molecule has 0 saturated carbocycles. The fraction of sp³-hybridized carbons (Fsp3) is 0.444. The molecule has 1 aliphatic heterocycles. The van der Waals surface area contributed by atoms with E-state index in [1.807, 2.05) is 17.0 Å². The summed E-state index contributed by atoms with van der Waals surface area (Å²) in [5.41, 5.74) is -0.0752. The number of alkyl halides is 3. The lowest BCUT2D eigenvalue weighted by molar-refractivity contribution is -0.141. The summed E-state index contributed by atoms with van der Waals surface area (Å²) in [7, 11) is 3.20. The summed E-state index contributed by atoms with van der Waals surface area (Å²) < 4.78 is 48.3. The Morgan fingerprint density at radius 1 is 1.00 bits per heavy atom. The molecule has 0 bridgehead atoms. The zero-order valence-corrected chi connectivity index (χ0v) is 15.1. The minimum absolute atomic E-state index is 0.237. The molecule has 3 rings (SSSR count). The van der Waals surface area contributed by atoms with Crippen LogP contribution < -0.4 is 19.7 Å². The van der Waals surface area contributed by atoms with Crippen LogP contribution in [0.25, 0.3) is 0 Å². The highest BCUT2D eigenvalue weighted by molar-refractivity contribution is 5.54. The van der Waals surface area contributed by atoms with Gasteiger partial charge in [0.2, 0.25) is 0 Å². The molecule has 0 spiro atoms. The van der Waals surface area contributed by atoms with Gasteiger partial charge in [0.05, 0.1) is 14.2 Å². The minimum Gasteiger partial charge on any atom is -0.497 e. The van der Waals surface area contributed by atoms with Crippen LogP contribution in [-0.2, 0) is 6.18 Å². The molecule has 0 unspecified atom stereocenters. The molecule has 0 atom stereocenters. The van der Waals surface area contributed by atoms with Crippen molar-refractivity contribution in [2.45, 2.75) is 25.1 Å². The first-order chi connectivity index (χ1) is 12.9. The van der Waals surface area contributed by atoms with Crippen molar-refractivity contribution in [1.29, 1.82) is 0 Å². The summed E-state index contributed by atoms with van der Waals surface area (Å²) in [5.74, 6) is 1.87. The number of halogens is 3. The largest absolute Gasteiger partial charge is 0.497 e. The predicted octanol–water partition coefficient (Wildman–Crippen LogP) is 3.59. The van der Waals surface area contributed by atoms with Crippen molar-refractivity contribution in [3.05, 3.63) is 36.0 Å². The van der Waals surface area contributed by atoms with Crippen LogP contribution >= 0.6 is 0 Å². The number of nitrogens with one attached hydrogen (secondary N) is 1. The number of aromatic nitrogens is 2. The highest BCUT2D eigenvalue weighted by Crippen LogP contribution is 2.29. The van der Waals surface area contributed by atoms with Crippen LogP contribution in [0.15, 0.2) is 30.3 Å².